The molecule has 0 radical (unpaired) electrons. The van der Waals surface area contributed by atoms with Crippen molar-refractivity contribution in [3.63, 3.8) is 0 Å². The van der Waals surface area contributed by atoms with Crippen LogP contribution < -0.4 is 4.31 Å². The van der Waals surface area contributed by atoms with Crippen LogP contribution in [0.25, 0.3) is 0 Å². The van der Waals surface area contributed by atoms with Crippen molar-refractivity contribution < 1.29 is 13.2 Å². The average molecular weight is 447 g/mol. The molecule has 1 aliphatic rings. The predicted molar refractivity (Wildman–Crippen MR) is 122 cm³/mol. The summed E-state index contributed by atoms with van der Waals surface area (Å²) in [7, 11) is -2.21. The molecule has 160 valence electrons. The Morgan fingerprint density at radius 3 is 2.43 bits per heavy atom. The number of hydrogen-bond acceptors (Lipinski definition) is 3. The minimum Gasteiger partial charge on any atom is -0.339 e. The van der Waals surface area contributed by atoms with Gasteiger partial charge in [0.15, 0.2) is 0 Å². The lowest BCUT2D eigenvalue weighted by Gasteiger charge is -2.31. The van der Waals surface area contributed by atoms with Crippen LogP contribution in [0.5, 0.6) is 0 Å². The Morgan fingerprint density at radius 2 is 1.80 bits per heavy atom. The number of para-hydroxylation sites is 1. The molecule has 3 rings (SSSR count). The summed E-state index contributed by atoms with van der Waals surface area (Å²) in [5, 5.41) is 0.0804. The van der Waals surface area contributed by atoms with E-state index < -0.39 is 10.0 Å². The monoisotopic (exact) mass is 446 g/mol. The van der Waals surface area contributed by atoms with Crippen LogP contribution in [-0.4, -0.2) is 38.9 Å². The van der Waals surface area contributed by atoms with Gasteiger partial charge in [0.1, 0.15) is 4.90 Å². The third kappa shape index (κ3) is 4.71. The molecule has 7 heteroatoms. The van der Waals surface area contributed by atoms with Crippen molar-refractivity contribution in [2.24, 2.45) is 0 Å². The molecule has 30 heavy (non-hydrogen) atoms. The first-order valence-electron chi connectivity index (χ1n) is 10.1. The molecule has 0 aliphatic heterocycles. The van der Waals surface area contributed by atoms with Crippen molar-refractivity contribution in [1.29, 1.82) is 0 Å². The zero-order valence-electron chi connectivity index (χ0n) is 17.1. The number of halogens is 1. The van der Waals surface area contributed by atoms with E-state index in [0.29, 0.717) is 11.3 Å². The van der Waals surface area contributed by atoms with E-state index in [1.54, 1.807) is 42.3 Å². The van der Waals surface area contributed by atoms with Gasteiger partial charge in [-0.1, -0.05) is 55.1 Å². The van der Waals surface area contributed by atoms with Gasteiger partial charge in [0.05, 0.1) is 17.3 Å². The Bertz CT molecular complexity index is 1000. The fourth-order valence-corrected chi connectivity index (χ4v) is 5.78. The number of anilines is 1. The molecule has 5 nitrogen and oxygen atoms in total. The highest BCUT2D eigenvalue weighted by Gasteiger charge is 2.29. The molecule has 2 aromatic carbocycles. The first-order valence-corrected chi connectivity index (χ1v) is 11.9. The Labute approximate surface area is 184 Å². The number of amides is 1. The Hall–Kier alpha value is -2.31. The molecule has 0 heterocycles. The van der Waals surface area contributed by atoms with Gasteiger partial charge in [0.25, 0.3) is 15.9 Å². The van der Waals surface area contributed by atoms with Gasteiger partial charge in [-0.2, -0.15) is 0 Å². The maximum atomic E-state index is 13.5. The molecule has 1 saturated carbocycles. The quantitative estimate of drug-likeness (QED) is 0.554. The highest BCUT2D eigenvalue weighted by molar-refractivity contribution is 7.93. The van der Waals surface area contributed by atoms with Crippen molar-refractivity contribution in [2.45, 2.75) is 43.0 Å². The largest absolute Gasteiger partial charge is 0.339 e. The van der Waals surface area contributed by atoms with Crippen molar-refractivity contribution in [1.82, 2.24) is 4.90 Å². The van der Waals surface area contributed by atoms with E-state index in [-0.39, 0.29) is 28.4 Å². The minimum atomic E-state index is -3.99. The lowest BCUT2D eigenvalue weighted by atomic mass is 9.94. The lowest BCUT2D eigenvalue weighted by molar-refractivity contribution is 0.0696. The number of nitrogens with zero attached hydrogens (tertiary/aromatic N) is 2. The van der Waals surface area contributed by atoms with Gasteiger partial charge in [0.2, 0.25) is 0 Å². The lowest BCUT2D eigenvalue weighted by Crippen LogP contribution is -2.38. The summed E-state index contributed by atoms with van der Waals surface area (Å²) in [4.78, 5) is 14.7. The van der Waals surface area contributed by atoms with E-state index in [2.05, 4.69) is 6.58 Å². The summed E-state index contributed by atoms with van der Waals surface area (Å²) in [5.74, 6) is -0.190. The van der Waals surface area contributed by atoms with Gasteiger partial charge in [-0.3, -0.25) is 9.10 Å². The standard InChI is InChI=1S/C23H27ClN2O3S/c1-3-16-26(20-12-8-5-9-13-20)30(28,29)22-17-18(14-15-21(22)24)23(27)25(2)19-10-6-4-7-11-19/h3,5,8-9,12-15,17,19H,1,4,6-7,10-11,16H2,2H3. The van der Waals surface area contributed by atoms with Crippen LogP contribution in [0, 0.1) is 0 Å². The van der Waals surface area contributed by atoms with E-state index in [9.17, 15) is 13.2 Å². The first-order chi connectivity index (χ1) is 14.4. The van der Waals surface area contributed by atoms with Gasteiger partial charge in [0, 0.05) is 18.7 Å². The molecule has 1 amide bonds. The van der Waals surface area contributed by atoms with Gasteiger partial charge in [-0.05, 0) is 43.2 Å². The van der Waals surface area contributed by atoms with E-state index in [1.807, 2.05) is 6.07 Å². The van der Waals surface area contributed by atoms with E-state index in [0.717, 1.165) is 25.7 Å². The fraction of sp³-hybridized carbons (Fsp3) is 0.348. The van der Waals surface area contributed by atoms with Crippen molar-refractivity contribution in [3.8, 4) is 0 Å². The molecule has 0 bridgehead atoms. The topological polar surface area (TPSA) is 57.7 Å². The third-order valence-corrected chi connectivity index (χ3v) is 7.80. The summed E-state index contributed by atoms with van der Waals surface area (Å²) in [5.41, 5.74) is 0.821. The molecular formula is C23H27ClN2O3S. The minimum absolute atomic E-state index is 0.0804. The Kier molecular flexibility index (Phi) is 7.21. The second kappa shape index (κ2) is 9.67. The zero-order chi connectivity index (χ0) is 21.7. The summed E-state index contributed by atoms with van der Waals surface area (Å²) >= 11 is 6.29. The molecular weight excluding hydrogens is 420 g/mol. The van der Waals surface area contributed by atoms with Crippen molar-refractivity contribution in [3.05, 3.63) is 71.8 Å². The number of sulfonamides is 1. The molecule has 0 spiro atoms. The van der Waals surface area contributed by atoms with Crippen LogP contribution in [0.3, 0.4) is 0 Å². The smallest absolute Gasteiger partial charge is 0.266 e. The molecule has 2 aromatic rings. The number of carbonyl (C=O) groups is 1. The van der Waals surface area contributed by atoms with E-state index in [4.69, 9.17) is 11.6 Å². The molecule has 1 aliphatic carbocycles. The molecule has 1 fully saturated rings. The number of hydrogen-bond donors (Lipinski definition) is 0. The number of benzene rings is 2. The zero-order valence-corrected chi connectivity index (χ0v) is 18.7. The molecule has 0 atom stereocenters. The molecule has 0 saturated heterocycles. The molecule has 0 aromatic heterocycles. The van der Waals surface area contributed by atoms with Gasteiger partial charge in [-0.25, -0.2) is 8.42 Å². The van der Waals surface area contributed by atoms with E-state index >= 15 is 0 Å². The van der Waals surface area contributed by atoms with Crippen molar-refractivity contribution in [2.75, 3.05) is 17.9 Å². The summed E-state index contributed by atoms with van der Waals surface area (Å²) in [6.45, 7) is 3.76. The highest BCUT2D eigenvalue weighted by atomic mass is 35.5. The van der Waals surface area contributed by atoms with Crippen molar-refractivity contribution >= 4 is 33.2 Å². The molecule has 0 N–H and O–H groups in total. The van der Waals surface area contributed by atoms with Gasteiger partial charge < -0.3 is 4.90 Å². The van der Waals surface area contributed by atoms with Crippen LogP contribution >= 0.6 is 11.6 Å². The van der Waals surface area contributed by atoms with Crippen LogP contribution in [0.2, 0.25) is 5.02 Å². The SMILES string of the molecule is C=CCN(c1ccccc1)S(=O)(=O)c1cc(C(=O)N(C)C2CCCCC2)ccc1Cl. The Morgan fingerprint density at radius 1 is 1.13 bits per heavy atom. The van der Waals surface area contributed by atoms with Crippen LogP contribution in [0.4, 0.5) is 5.69 Å². The normalized spacial score (nSPS) is 14.9. The summed E-state index contributed by atoms with van der Waals surface area (Å²) < 4.78 is 28.2. The fourth-order valence-electron chi connectivity index (χ4n) is 3.84. The van der Waals surface area contributed by atoms with Gasteiger partial charge in [-0.15, -0.1) is 6.58 Å². The second-order valence-corrected chi connectivity index (χ2v) is 9.75. The average Bonchev–Trinajstić information content (AvgIpc) is 2.77. The summed E-state index contributed by atoms with van der Waals surface area (Å²) in [6, 6.07) is 13.4. The van der Waals surface area contributed by atoms with Crippen LogP contribution in [0.1, 0.15) is 42.5 Å². The number of carbonyl (C=O) groups excluding carboxylic acids is 1. The second-order valence-electron chi connectivity index (χ2n) is 7.51. The van der Waals surface area contributed by atoms with E-state index in [1.165, 1.54) is 28.9 Å². The maximum absolute atomic E-state index is 13.5. The van der Waals surface area contributed by atoms with Crippen LogP contribution in [0.15, 0.2) is 66.1 Å². The predicted octanol–water partition coefficient (Wildman–Crippen LogP) is 5.13. The van der Waals surface area contributed by atoms with Gasteiger partial charge >= 0.3 is 0 Å². The maximum Gasteiger partial charge on any atom is 0.266 e. The number of rotatable bonds is 7. The third-order valence-electron chi connectivity index (χ3n) is 5.53. The summed E-state index contributed by atoms with van der Waals surface area (Å²) in [6.07, 6.45) is 6.88. The Balaban J connectivity index is 1.97. The van der Waals surface area contributed by atoms with Crippen LogP contribution in [-0.2, 0) is 10.0 Å². The molecule has 0 unspecified atom stereocenters. The first kappa shape index (κ1) is 22.4. The highest BCUT2D eigenvalue weighted by Crippen LogP contribution is 2.30.